The van der Waals surface area contributed by atoms with Gasteiger partial charge in [0.1, 0.15) is 11.3 Å². The second-order valence-corrected chi connectivity index (χ2v) is 4.86. The molecule has 0 atom stereocenters. The third kappa shape index (κ3) is 4.34. The average molecular weight is 299 g/mol. The van der Waals surface area contributed by atoms with Crippen LogP contribution in [-0.4, -0.2) is 23.6 Å². The molecule has 2 rings (SSSR count). The largest absolute Gasteiger partial charge is 0.507 e. The van der Waals surface area contributed by atoms with Crippen LogP contribution in [0.15, 0.2) is 48.5 Å². The van der Waals surface area contributed by atoms with Gasteiger partial charge in [-0.3, -0.25) is 4.79 Å². The first-order valence-corrected chi connectivity index (χ1v) is 6.83. The van der Waals surface area contributed by atoms with Crippen LogP contribution in [0.2, 0.25) is 0 Å². The summed E-state index contributed by atoms with van der Waals surface area (Å²) in [6.07, 6.45) is 0. The molecule has 114 valence electrons. The van der Waals surface area contributed by atoms with E-state index < -0.39 is 11.9 Å². The Morgan fingerprint density at radius 3 is 2.55 bits per heavy atom. The molecule has 0 saturated heterocycles. The number of hydrogen-bond donors (Lipinski definition) is 2. The lowest BCUT2D eigenvalue weighted by atomic mass is 10.1. The van der Waals surface area contributed by atoms with Crippen molar-refractivity contribution in [2.75, 3.05) is 6.61 Å². The van der Waals surface area contributed by atoms with E-state index in [4.69, 9.17) is 4.74 Å². The molecule has 0 aliphatic rings. The minimum absolute atomic E-state index is 0.0430. The summed E-state index contributed by atoms with van der Waals surface area (Å²) < 4.78 is 4.89. The predicted molar refractivity (Wildman–Crippen MR) is 81.4 cm³/mol. The van der Waals surface area contributed by atoms with Crippen LogP contribution in [0.25, 0.3) is 0 Å². The number of nitrogens with one attached hydrogen (secondary N) is 1. The lowest BCUT2D eigenvalue weighted by Gasteiger charge is -2.08. The standard InChI is InChI=1S/C17H17NO4/c1-12-7-8-14(15(19)9-12)17(21)22-11-16(20)18-10-13-5-3-2-4-6-13/h2-9,19H,10-11H2,1H3,(H,18,20). The molecule has 22 heavy (non-hydrogen) atoms. The van der Waals surface area contributed by atoms with Crippen LogP contribution in [0.3, 0.4) is 0 Å². The number of aryl methyl sites for hydroxylation is 1. The zero-order valence-corrected chi connectivity index (χ0v) is 12.2. The third-order valence-electron chi connectivity index (χ3n) is 3.04. The van der Waals surface area contributed by atoms with Gasteiger partial charge < -0.3 is 15.2 Å². The fraction of sp³-hybridized carbons (Fsp3) is 0.176. The lowest BCUT2D eigenvalue weighted by Crippen LogP contribution is -2.28. The SMILES string of the molecule is Cc1ccc(C(=O)OCC(=O)NCc2ccccc2)c(O)c1. The van der Waals surface area contributed by atoms with Crippen molar-refractivity contribution in [1.29, 1.82) is 0 Å². The number of aromatic hydroxyl groups is 1. The number of benzene rings is 2. The molecule has 5 nitrogen and oxygen atoms in total. The number of carbonyl (C=O) groups is 2. The minimum Gasteiger partial charge on any atom is -0.507 e. The highest BCUT2D eigenvalue weighted by Crippen LogP contribution is 2.19. The molecule has 1 amide bonds. The van der Waals surface area contributed by atoms with Crippen molar-refractivity contribution in [1.82, 2.24) is 5.32 Å². The molecule has 0 aliphatic carbocycles. The Morgan fingerprint density at radius 1 is 1.14 bits per heavy atom. The monoisotopic (exact) mass is 299 g/mol. The zero-order chi connectivity index (χ0) is 15.9. The van der Waals surface area contributed by atoms with Crippen LogP contribution in [-0.2, 0) is 16.1 Å². The van der Waals surface area contributed by atoms with Crippen LogP contribution in [0.1, 0.15) is 21.5 Å². The molecule has 2 aromatic carbocycles. The topological polar surface area (TPSA) is 75.6 Å². The molecule has 0 fully saturated rings. The van der Waals surface area contributed by atoms with Gasteiger partial charge in [-0.15, -0.1) is 0 Å². The third-order valence-corrected chi connectivity index (χ3v) is 3.04. The molecule has 2 N–H and O–H groups in total. The van der Waals surface area contributed by atoms with Crippen LogP contribution in [0.4, 0.5) is 0 Å². The van der Waals surface area contributed by atoms with Gasteiger partial charge in [0.15, 0.2) is 6.61 Å². The Bertz CT molecular complexity index is 668. The van der Waals surface area contributed by atoms with E-state index >= 15 is 0 Å². The van der Waals surface area contributed by atoms with E-state index in [9.17, 15) is 14.7 Å². The number of carbonyl (C=O) groups excluding carboxylic acids is 2. The first kappa shape index (κ1) is 15.6. The molecule has 0 saturated carbocycles. The summed E-state index contributed by atoms with van der Waals surface area (Å²) in [6.45, 7) is 1.78. The number of hydrogen-bond acceptors (Lipinski definition) is 4. The van der Waals surface area contributed by atoms with Gasteiger partial charge in [0.05, 0.1) is 0 Å². The van der Waals surface area contributed by atoms with Crippen LogP contribution in [0, 0.1) is 6.92 Å². The molecule has 0 aliphatic heterocycles. The molecule has 0 aromatic heterocycles. The number of phenolic OH excluding ortho intramolecular Hbond substituents is 1. The summed E-state index contributed by atoms with van der Waals surface area (Å²) in [5.41, 5.74) is 1.83. The first-order chi connectivity index (χ1) is 10.6. The molecule has 0 heterocycles. The van der Waals surface area contributed by atoms with Crippen molar-refractivity contribution in [2.45, 2.75) is 13.5 Å². The second kappa shape index (κ2) is 7.26. The normalized spacial score (nSPS) is 10.0. The van der Waals surface area contributed by atoms with Gasteiger partial charge in [-0.2, -0.15) is 0 Å². The van der Waals surface area contributed by atoms with Crippen molar-refractivity contribution < 1.29 is 19.4 Å². The number of amides is 1. The van der Waals surface area contributed by atoms with Gasteiger partial charge in [0, 0.05) is 6.54 Å². The molecule has 2 aromatic rings. The van der Waals surface area contributed by atoms with Gasteiger partial charge in [-0.1, -0.05) is 36.4 Å². The van der Waals surface area contributed by atoms with Crippen molar-refractivity contribution in [3.63, 3.8) is 0 Å². The quantitative estimate of drug-likeness (QED) is 0.830. The molecule has 0 radical (unpaired) electrons. The molecule has 0 unspecified atom stereocenters. The maximum atomic E-state index is 11.8. The molecule has 0 bridgehead atoms. The van der Waals surface area contributed by atoms with Gasteiger partial charge in [-0.25, -0.2) is 4.79 Å². The number of esters is 1. The minimum atomic E-state index is -0.729. The van der Waals surface area contributed by atoms with Crippen molar-refractivity contribution in [2.24, 2.45) is 0 Å². The van der Waals surface area contributed by atoms with Crippen molar-refractivity contribution >= 4 is 11.9 Å². The van der Waals surface area contributed by atoms with Crippen molar-refractivity contribution in [3.8, 4) is 5.75 Å². The second-order valence-electron chi connectivity index (χ2n) is 4.86. The molecular weight excluding hydrogens is 282 g/mol. The Hall–Kier alpha value is -2.82. The van der Waals surface area contributed by atoms with Gasteiger partial charge >= 0.3 is 5.97 Å². The highest BCUT2D eigenvalue weighted by Gasteiger charge is 2.14. The van der Waals surface area contributed by atoms with Gasteiger partial charge in [0.2, 0.25) is 0 Å². The Labute approximate surface area is 128 Å². The van der Waals surface area contributed by atoms with E-state index in [-0.39, 0.29) is 17.9 Å². The van der Waals surface area contributed by atoms with E-state index in [1.165, 1.54) is 12.1 Å². The number of rotatable bonds is 5. The zero-order valence-electron chi connectivity index (χ0n) is 12.2. The fourth-order valence-electron chi connectivity index (χ4n) is 1.87. The van der Waals surface area contributed by atoms with Gasteiger partial charge in [0.25, 0.3) is 5.91 Å². The van der Waals surface area contributed by atoms with E-state index in [0.717, 1.165) is 11.1 Å². The van der Waals surface area contributed by atoms with Crippen molar-refractivity contribution in [3.05, 3.63) is 65.2 Å². The number of phenols is 1. The van der Waals surface area contributed by atoms with E-state index in [1.807, 2.05) is 30.3 Å². The summed E-state index contributed by atoms with van der Waals surface area (Å²) in [6, 6.07) is 14.0. The Morgan fingerprint density at radius 2 is 1.86 bits per heavy atom. The maximum Gasteiger partial charge on any atom is 0.342 e. The smallest absolute Gasteiger partial charge is 0.342 e. The predicted octanol–water partition coefficient (Wildman–Crippen LogP) is 2.17. The van der Waals surface area contributed by atoms with Crippen LogP contribution >= 0.6 is 0 Å². The van der Waals surface area contributed by atoms with Crippen LogP contribution in [0.5, 0.6) is 5.75 Å². The summed E-state index contributed by atoms with van der Waals surface area (Å²) in [5.74, 6) is -1.29. The van der Waals surface area contributed by atoms with Crippen LogP contribution < -0.4 is 5.32 Å². The summed E-state index contributed by atoms with van der Waals surface area (Å²) in [7, 11) is 0. The number of ether oxygens (including phenoxy) is 1. The molecule has 0 spiro atoms. The van der Waals surface area contributed by atoms with E-state index in [1.54, 1.807) is 13.0 Å². The summed E-state index contributed by atoms with van der Waals surface area (Å²) >= 11 is 0. The Kier molecular flexibility index (Phi) is 5.14. The molecule has 5 heteroatoms. The maximum absolute atomic E-state index is 11.8. The lowest BCUT2D eigenvalue weighted by molar-refractivity contribution is -0.124. The fourth-order valence-corrected chi connectivity index (χ4v) is 1.87. The Balaban J connectivity index is 1.82. The summed E-state index contributed by atoms with van der Waals surface area (Å²) in [5, 5.41) is 12.3. The highest BCUT2D eigenvalue weighted by molar-refractivity contribution is 5.93. The van der Waals surface area contributed by atoms with E-state index in [2.05, 4.69) is 5.32 Å². The highest BCUT2D eigenvalue weighted by atomic mass is 16.5. The molecular formula is C17H17NO4. The van der Waals surface area contributed by atoms with Gasteiger partial charge in [-0.05, 0) is 30.2 Å². The average Bonchev–Trinajstić information content (AvgIpc) is 2.51. The first-order valence-electron chi connectivity index (χ1n) is 6.83. The summed E-state index contributed by atoms with van der Waals surface area (Å²) in [4.78, 5) is 23.4. The van der Waals surface area contributed by atoms with E-state index in [0.29, 0.717) is 6.54 Å².